The second kappa shape index (κ2) is 8.78. The molecular weight excluding hydrogens is 430 g/mol. The van der Waals surface area contributed by atoms with Gasteiger partial charge in [0.1, 0.15) is 5.75 Å². The third kappa shape index (κ3) is 3.73. The molecule has 0 radical (unpaired) electrons. The van der Waals surface area contributed by atoms with Gasteiger partial charge in [-0.3, -0.25) is 14.5 Å². The Morgan fingerprint density at radius 3 is 2.79 bits per heavy atom. The average molecular weight is 462 g/mol. The van der Waals surface area contributed by atoms with E-state index in [4.69, 9.17) is 4.74 Å². The van der Waals surface area contributed by atoms with E-state index in [0.29, 0.717) is 29.9 Å². The van der Waals surface area contributed by atoms with Gasteiger partial charge in [-0.1, -0.05) is 29.8 Å². The summed E-state index contributed by atoms with van der Waals surface area (Å²) in [6.45, 7) is 4.82. The van der Waals surface area contributed by atoms with E-state index in [-0.39, 0.29) is 18.2 Å². The van der Waals surface area contributed by atoms with Gasteiger partial charge in [0.05, 0.1) is 13.2 Å². The van der Waals surface area contributed by atoms with Crippen LogP contribution in [0, 0.1) is 13.8 Å². The lowest BCUT2D eigenvalue weighted by Gasteiger charge is -2.33. The number of aryl methyl sites for hydroxylation is 1. The number of fused-ring (bicyclic) bond motifs is 2. The van der Waals surface area contributed by atoms with Crippen LogP contribution in [0.4, 0.5) is 4.79 Å². The van der Waals surface area contributed by atoms with E-state index in [1.807, 2.05) is 32.0 Å². The van der Waals surface area contributed by atoms with Gasteiger partial charge in [-0.15, -0.1) is 0 Å². The molecule has 178 valence electrons. The molecule has 0 unspecified atom stereocenters. The Morgan fingerprint density at radius 1 is 1.18 bits per heavy atom. The van der Waals surface area contributed by atoms with Crippen molar-refractivity contribution in [2.45, 2.75) is 64.5 Å². The minimum absolute atomic E-state index is 0.225. The monoisotopic (exact) mass is 461 g/mol. The molecule has 7 heteroatoms. The molecule has 1 aromatic heterocycles. The van der Waals surface area contributed by atoms with Gasteiger partial charge in [0.2, 0.25) is 0 Å². The molecule has 3 heterocycles. The van der Waals surface area contributed by atoms with Crippen molar-refractivity contribution >= 4 is 17.7 Å². The smallest absolute Gasteiger partial charge is 0.325 e. The molecule has 1 aromatic carbocycles. The molecule has 1 atom stereocenters. The predicted molar refractivity (Wildman–Crippen MR) is 128 cm³/mol. The molecule has 2 aliphatic heterocycles. The van der Waals surface area contributed by atoms with Crippen LogP contribution in [0.25, 0.3) is 0 Å². The molecule has 34 heavy (non-hydrogen) atoms. The average Bonchev–Trinajstić information content (AvgIpc) is 3.26. The molecule has 1 saturated heterocycles. The van der Waals surface area contributed by atoms with Crippen LogP contribution < -0.4 is 10.1 Å². The maximum absolute atomic E-state index is 13.5. The van der Waals surface area contributed by atoms with E-state index in [1.165, 1.54) is 18.4 Å². The van der Waals surface area contributed by atoms with Crippen molar-refractivity contribution in [2.24, 2.45) is 0 Å². The lowest BCUT2D eigenvalue weighted by molar-refractivity contribution is -0.132. The number of hydrogen-bond acceptors (Lipinski definition) is 4. The first-order chi connectivity index (χ1) is 16.4. The van der Waals surface area contributed by atoms with Gasteiger partial charge in [0, 0.05) is 35.5 Å². The molecule has 0 bridgehead atoms. The molecule has 0 saturated carbocycles. The topological polar surface area (TPSA) is 80.6 Å². The van der Waals surface area contributed by atoms with Crippen molar-refractivity contribution in [3.63, 3.8) is 0 Å². The molecule has 3 aliphatic rings. The summed E-state index contributed by atoms with van der Waals surface area (Å²) in [5, 5.41) is 2.86. The largest absolute Gasteiger partial charge is 0.493 e. The van der Waals surface area contributed by atoms with Gasteiger partial charge in [0.25, 0.3) is 5.91 Å². The fourth-order valence-electron chi connectivity index (χ4n) is 5.56. The number of para-hydroxylation sites is 1. The van der Waals surface area contributed by atoms with Crippen LogP contribution in [0.15, 0.2) is 42.0 Å². The van der Waals surface area contributed by atoms with E-state index >= 15 is 0 Å². The fourth-order valence-corrected chi connectivity index (χ4v) is 5.56. The van der Waals surface area contributed by atoms with E-state index < -0.39 is 11.6 Å². The summed E-state index contributed by atoms with van der Waals surface area (Å²) in [5.74, 6) is -0.0241. The van der Waals surface area contributed by atoms with Crippen molar-refractivity contribution in [3.8, 4) is 5.75 Å². The van der Waals surface area contributed by atoms with Crippen LogP contribution in [-0.4, -0.2) is 40.3 Å². The summed E-state index contributed by atoms with van der Waals surface area (Å²) < 4.78 is 7.85. The highest BCUT2D eigenvalue weighted by atomic mass is 16.5. The zero-order valence-corrected chi connectivity index (χ0v) is 19.9. The van der Waals surface area contributed by atoms with Gasteiger partial charge in [-0.05, 0) is 58.1 Å². The summed E-state index contributed by atoms with van der Waals surface area (Å²) in [4.78, 5) is 40.7. The van der Waals surface area contributed by atoms with Crippen molar-refractivity contribution in [1.29, 1.82) is 0 Å². The Kier molecular flexibility index (Phi) is 5.80. The molecule has 1 N–H and O–H groups in total. The molecule has 1 aliphatic carbocycles. The number of amides is 3. The number of aromatic nitrogens is 1. The molecule has 1 spiro atoms. The lowest BCUT2D eigenvalue weighted by Crippen LogP contribution is -2.47. The summed E-state index contributed by atoms with van der Waals surface area (Å²) in [6.07, 6.45) is 8.52. The van der Waals surface area contributed by atoms with Crippen LogP contribution in [-0.2, 0) is 16.9 Å². The van der Waals surface area contributed by atoms with Crippen molar-refractivity contribution in [2.75, 3.05) is 13.2 Å². The number of nitrogens with one attached hydrogen (secondary N) is 1. The van der Waals surface area contributed by atoms with E-state index in [0.717, 1.165) is 42.1 Å². The molecule has 2 aromatic rings. The van der Waals surface area contributed by atoms with E-state index in [9.17, 15) is 14.4 Å². The fraction of sp³-hybridized carbons (Fsp3) is 0.444. The van der Waals surface area contributed by atoms with Crippen molar-refractivity contribution < 1.29 is 19.1 Å². The van der Waals surface area contributed by atoms with Crippen LogP contribution in [0.3, 0.4) is 0 Å². The van der Waals surface area contributed by atoms with Gasteiger partial charge < -0.3 is 14.6 Å². The summed E-state index contributed by atoms with van der Waals surface area (Å²) in [5.41, 5.74) is 3.44. The third-order valence-electron chi connectivity index (χ3n) is 7.47. The normalized spacial score (nSPS) is 21.8. The van der Waals surface area contributed by atoms with Gasteiger partial charge >= 0.3 is 6.03 Å². The molecule has 1 fully saturated rings. The van der Waals surface area contributed by atoms with Crippen LogP contribution in [0.1, 0.15) is 65.8 Å². The number of Topliss-reactive ketones (excluding diaryl/α,β-unsaturated/α-hetero) is 1. The minimum Gasteiger partial charge on any atom is -0.493 e. The molecule has 5 rings (SSSR count). The Balaban J connectivity index is 1.34. The third-order valence-corrected chi connectivity index (χ3v) is 7.47. The number of rotatable bonds is 6. The highest BCUT2D eigenvalue weighted by Crippen LogP contribution is 2.41. The number of benzene rings is 1. The summed E-state index contributed by atoms with van der Waals surface area (Å²) in [6, 6.07) is 8.59. The lowest BCUT2D eigenvalue weighted by atomic mass is 9.84. The quantitative estimate of drug-likeness (QED) is 0.393. The van der Waals surface area contributed by atoms with Crippen LogP contribution >= 0.6 is 0 Å². The maximum Gasteiger partial charge on any atom is 0.325 e. The number of carbonyl (C=O) groups excluding carboxylic acids is 3. The zero-order chi connectivity index (χ0) is 23.9. The van der Waals surface area contributed by atoms with Crippen molar-refractivity contribution in [1.82, 2.24) is 14.8 Å². The second-order valence-corrected chi connectivity index (χ2v) is 9.54. The standard InChI is InChI=1S/C27H31N3O4/c1-18-16-21(19(2)29(18)14-12-20-8-4-3-5-9-20)23(31)17-30-25(32)27(28-26(30)33)13-15-34-24-11-7-6-10-22(24)27/h6-8,10-11,16H,3-5,9,12-15,17H2,1-2H3,(H,28,33)/t27-/m0/s1. The Hall–Kier alpha value is -3.35. The van der Waals surface area contributed by atoms with Gasteiger partial charge in [-0.2, -0.15) is 0 Å². The number of imide groups is 1. The minimum atomic E-state index is -1.17. The van der Waals surface area contributed by atoms with E-state index in [1.54, 1.807) is 12.1 Å². The van der Waals surface area contributed by atoms with Gasteiger partial charge in [0.15, 0.2) is 11.3 Å². The van der Waals surface area contributed by atoms with Gasteiger partial charge in [-0.25, -0.2) is 4.79 Å². The Morgan fingerprint density at radius 2 is 2.00 bits per heavy atom. The molecule has 3 amide bonds. The number of ketones is 1. The highest BCUT2D eigenvalue weighted by Gasteiger charge is 2.55. The number of nitrogens with zero attached hydrogens (tertiary/aromatic N) is 2. The van der Waals surface area contributed by atoms with E-state index in [2.05, 4.69) is 16.0 Å². The number of carbonyl (C=O) groups is 3. The Labute approximate surface area is 199 Å². The SMILES string of the molecule is Cc1cc(C(=O)CN2C(=O)N[C@]3(CCOc4ccccc43)C2=O)c(C)n1CCC1=CCCCC1. The summed E-state index contributed by atoms with van der Waals surface area (Å²) in [7, 11) is 0. The highest BCUT2D eigenvalue weighted by molar-refractivity contribution is 6.12. The first kappa shape index (κ1) is 22.4. The zero-order valence-electron chi connectivity index (χ0n) is 19.9. The first-order valence-corrected chi connectivity index (χ1v) is 12.1. The summed E-state index contributed by atoms with van der Waals surface area (Å²) >= 11 is 0. The second-order valence-electron chi connectivity index (χ2n) is 9.54. The number of hydrogen-bond donors (Lipinski definition) is 1. The van der Waals surface area contributed by atoms with Crippen LogP contribution in [0.2, 0.25) is 0 Å². The first-order valence-electron chi connectivity index (χ1n) is 12.1. The maximum atomic E-state index is 13.5. The molecular formula is C27H31N3O4. The number of allylic oxidation sites excluding steroid dienone is 2. The van der Waals surface area contributed by atoms with Crippen molar-refractivity contribution in [3.05, 3.63) is 64.5 Å². The Bertz CT molecular complexity index is 1190. The predicted octanol–water partition coefficient (Wildman–Crippen LogP) is 4.41. The number of urea groups is 1. The van der Waals surface area contributed by atoms with Crippen LogP contribution in [0.5, 0.6) is 5.75 Å². The number of ether oxygens (including phenoxy) is 1. The molecule has 7 nitrogen and oxygen atoms in total.